The number of rotatable bonds is 9. The molecule has 0 fully saturated rings. The lowest BCUT2D eigenvalue weighted by Gasteiger charge is -2.20. The first-order valence-corrected chi connectivity index (χ1v) is 8.77. The molecule has 0 radical (unpaired) electrons. The summed E-state index contributed by atoms with van der Waals surface area (Å²) in [5.41, 5.74) is 1.43. The number of hydrogen-bond acceptors (Lipinski definition) is 5. The second-order valence-corrected chi connectivity index (χ2v) is 6.59. The number of aliphatic hydroxyl groups excluding tert-OH is 1. The van der Waals surface area contributed by atoms with Crippen molar-refractivity contribution in [2.75, 3.05) is 25.5 Å². The number of halogens is 3. The number of nitrogens with one attached hydrogen (secondary N) is 1. The Balaban J connectivity index is 2.12. The lowest BCUT2D eigenvalue weighted by Crippen LogP contribution is -2.20. The summed E-state index contributed by atoms with van der Waals surface area (Å²) in [4.78, 5) is 10.0. The number of aromatic nitrogens is 2. The molecule has 0 bridgehead atoms. The third-order valence-electron chi connectivity index (χ3n) is 3.68. The summed E-state index contributed by atoms with van der Waals surface area (Å²) in [6.07, 6.45) is 4.07. The Morgan fingerprint density at radius 3 is 2.68 bits per heavy atom. The molecular formula is C17H21Cl2FN4O. The fourth-order valence-corrected chi connectivity index (χ4v) is 2.73. The van der Waals surface area contributed by atoms with Gasteiger partial charge in [-0.15, -0.1) is 0 Å². The van der Waals surface area contributed by atoms with Gasteiger partial charge in [-0.3, -0.25) is 0 Å². The molecule has 2 N–H and O–H groups in total. The molecule has 25 heavy (non-hydrogen) atoms. The van der Waals surface area contributed by atoms with Crippen LogP contribution in [0.1, 0.15) is 24.8 Å². The molecule has 0 aliphatic rings. The van der Waals surface area contributed by atoms with Crippen LogP contribution in [0, 0.1) is 5.82 Å². The smallest absolute Gasteiger partial charge is 0.142 e. The van der Waals surface area contributed by atoms with Crippen molar-refractivity contribution in [2.24, 2.45) is 0 Å². The summed E-state index contributed by atoms with van der Waals surface area (Å²) < 4.78 is 13.9. The van der Waals surface area contributed by atoms with Gasteiger partial charge in [-0.2, -0.15) is 0 Å². The summed E-state index contributed by atoms with van der Waals surface area (Å²) in [7, 11) is 1.97. The molecule has 0 unspecified atom stereocenters. The van der Waals surface area contributed by atoms with Gasteiger partial charge in [0.25, 0.3) is 0 Å². The highest BCUT2D eigenvalue weighted by molar-refractivity contribution is 6.31. The van der Waals surface area contributed by atoms with Crippen LogP contribution in [0.5, 0.6) is 0 Å². The van der Waals surface area contributed by atoms with Gasteiger partial charge in [-0.25, -0.2) is 14.4 Å². The van der Waals surface area contributed by atoms with Crippen LogP contribution in [0.4, 0.5) is 15.9 Å². The maximum Gasteiger partial charge on any atom is 0.142 e. The molecule has 1 heterocycles. The lowest BCUT2D eigenvalue weighted by molar-refractivity contribution is 0.271. The topological polar surface area (TPSA) is 61.3 Å². The molecule has 2 rings (SSSR count). The van der Waals surface area contributed by atoms with E-state index in [9.17, 15) is 4.39 Å². The van der Waals surface area contributed by atoms with E-state index in [1.165, 1.54) is 12.4 Å². The largest absolute Gasteiger partial charge is 0.396 e. The molecular weight excluding hydrogens is 366 g/mol. The van der Waals surface area contributed by atoms with Crippen molar-refractivity contribution < 1.29 is 9.50 Å². The molecule has 0 aliphatic carbocycles. The number of anilines is 2. The van der Waals surface area contributed by atoms with Crippen molar-refractivity contribution in [3.05, 3.63) is 46.1 Å². The van der Waals surface area contributed by atoms with Crippen LogP contribution in [0.25, 0.3) is 0 Å². The first-order valence-electron chi connectivity index (χ1n) is 8.01. The first-order chi connectivity index (χ1) is 12.0. The van der Waals surface area contributed by atoms with Gasteiger partial charge in [0.2, 0.25) is 0 Å². The van der Waals surface area contributed by atoms with Crippen LogP contribution in [-0.2, 0) is 6.54 Å². The Bertz CT molecular complexity index is 702. The predicted octanol–water partition coefficient (Wildman–Crippen LogP) is 4.26. The minimum atomic E-state index is -0.461. The Kier molecular flexibility index (Phi) is 7.84. The highest BCUT2D eigenvalue weighted by atomic mass is 35.5. The molecule has 1 aromatic heterocycles. The van der Waals surface area contributed by atoms with Crippen molar-refractivity contribution in [2.45, 2.75) is 25.8 Å². The van der Waals surface area contributed by atoms with E-state index >= 15 is 0 Å². The molecule has 0 spiro atoms. The fourth-order valence-electron chi connectivity index (χ4n) is 2.42. The molecule has 0 aliphatic heterocycles. The Labute approximate surface area is 156 Å². The van der Waals surface area contributed by atoms with Crippen LogP contribution < -0.4 is 5.32 Å². The van der Waals surface area contributed by atoms with Crippen molar-refractivity contribution in [1.29, 1.82) is 0 Å². The second kappa shape index (κ2) is 9.87. The first kappa shape index (κ1) is 19.8. The predicted molar refractivity (Wildman–Crippen MR) is 99.0 cm³/mol. The van der Waals surface area contributed by atoms with Gasteiger partial charge in [0, 0.05) is 24.9 Å². The van der Waals surface area contributed by atoms with Gasteiger partial charge in [0.15, 0.2) is 0 Å². The van der Waals surface area contributed by atoms with Crippen molar-refractivity contribution in [1.82, 2.24) is 14.9 Å². The SMILES string of the molecule is CN(CCCCCO)Cc1cc(F)c(Cl)cc1Nc1cc(Cl)ncn1. The van der Waals surface area contributed by atoms with Gasteiger partial charge in [0.1, 0.15) is 23.1 Å². The highest BCUT2D eigenvalue weighted by Crippen LogP contribution is 2.28. The fraction of sp³-hybridized carbons (Fsp3) is 0.412. The maximum atomic E-state index is 13.9. The molecule has 0 atom stereocenters. The molecule has 0 saturated carbocycles. The van der Waals surface area contributed by atoms with Gasteiger partial charge in [-0.1, -0.05) is 23.2 Å². The number of benzene rings is 1. The van der Waals surface area contributed by atoms with Gasteiger partial charge in [-0.05, 0) is 50.6 Å². The zero-order chi connectivity index (χ0) is 18.2. The molecule has 2 aromatic rings. The molecule has 0 amide bonds. The number of aliphatic hydroxyl groups is 1. The van der Waals surface area contributed by atoms with E-state index in [0.29, 0.717) is 23.2 Å². The van der Waals surface area contributed by atoms with E-state index in [4.69, 9.17) is 28.3 Å². The van der Waals surface area contributed by atoms with E-state index in [-0.39, 0.29) is 11.6 Å². The Morgan fingerprint density at radius 1 is 1.16 bits per heavy atom. The number of unbranched alkanes of at least 4 members (excludes halogenated alkanes) is 2. The summed E-state index contributed by atoms with van der Waals surface area (Å²) in [6, 6.07) is 4.56. The third kappa shape index (κ3) is 6.40. The summed E-state index contributed by atoms with van der Waals surface area (Å²) in [6.45, 7) is 1.61. The highest BCUT2D eigenvalue weighted by Gasteiger charge is 2.12. The van der Waals surface area contributed by atoms with Crippen molar-refractivity contribution >= 4 is 34.7 Å². The molecule has 5 nitrogen and oxygen atoms in total. The van der Waals surface area contributed by atoms with Crippen LogP contribution in [0.2, 0.25) is 10.2 Å². The monoisotopic (exact) mass is 386 g/mol. The minimum absolute atomic E-state index is 0.0389. The molecule has 1 aromatic carbocycles. The van der Waals surface area contributed by atoms with Gasteiger partial charge < -0.3 is 15.3 Å². The third-order valence-corrected chi connectivity index (χ3v) is 4.18. The minimum Gasteiger partial charge on any atom is -0.396 e. The summed E-state index contributed by atoms with van der Waals surface area (Å²) in [5.74, 6) is 0.0474. The normalized spacial score (nSPS) is 11.1. The Morgan fingerprint density at radius 2 is 1.96 bits per heavy atom. The zero-order valence-electron chi connectivity index (χ0n) is 14.0. The summed E-state index contributed by atoms with van der Waals surface area (Å²) >= 11 is 11.8. The average Bonchev–Trinajstić information content (AvgIpc) is 2.56. The van der Waals surface area contributed by atoms with Crippen molar-refractivity contribution in [3.63, 3.8) is 0 Å². The standard InChI is InChI=1S/C17H21Cl2FN4O/c1-24(5-3-2-4-6-25)10-12-7-14(20)13(18)8-15(12)23-17-9-16(19)21-11-22-17/h7-9,11,25H,2-6,10H2,1H3,(H,21,22,23). The molecule has 136 valence electrons. The average molecular weight is 387 g/mol. The summed E-state index contributed by atoms with van der Waals surface area (Å²) in [5, 5.41) is 12.3. The van der Waals surface area contributed by atoms with Gasteiger partial charge in [0.05, 0.1) is 5.02 Å². The van der Waals surface area contributed by atoms with E-state index in [0.717, 1.165) is 31.4 Å². The van der Waals surface area contributed by atoms with E-state index in [1.807, 2.05) is 7.05 Å². The lowest BCUT2D eigenvalue weighted by atomic mass is 10.1. The second-order valence-electron chi connectivity index (χ2n) is 5.80. The van der Waals surface area contributed by atoms with Crippen LogP contribution in [0.15, 0.2) is 24.5 Å². The number of nitrogens with zero attached hydrogens (tertiary/aromatic N) is 3. The van der Waals surface area contributed by atoms with E-state index < -0.39 is 5.82 Å². The maximum absolute atomic E-state index is 13.9. The number of hydrogen-bond donors (Lipinski definition) is 2. The molecule has 8 heteroatoms. The molecule has 0 saturated heterocycles. The van der Waals surface area contributed by atoms with Crippen molar-refractivity contribution in [3.8, 4) is 0 Å². The zero-order valence-corrected chi connectivity index (χ0v) is 15.5. The Hall–Kier alpha value is -1.47. The van der Waals surface area contributed by atoms with Crippen LogP contribution in [0.3, 0.4) is 0 Å². The van der Waals surface area contributed by atoms with E-state index in [2.05, 4.69) is 20.2 Å². The van der Waals surface area contributed by atoms with Crippen LogP contribution >= 0.6 is 23.2 Å². The van der Waals surface area contributed by atoms with Crippen LogP contribution in [-0.4, -0.2) is 40.2 Å². The quantitative estimate of drug-likeness (QED) is 0.497. The van der Waals surface area contributed by atoms with Gasteiger partial charge >= 0.3 is 0 Å². The van der Waals surface area contributed by atoms with E-state index in [1.54, 1.807) is 12.1 Å².